The molecule has 1 unspecified atom stereocenters. The van der Waals surface area contributed by atoms with Gasteiger partial charge in [0.25, 0.3) is 0 Å². The number of halogens is 7. The Kier molecular flexibility index (Phi) is 4.46. The van der Waals surface area contributed by atoms with Crippen molar-refractivity contribution in [1.29, 1.82) is 0 Å². The minimum Gasteiger partial charge on any atom is -0.196 e. The Morgan fingerprint density at radius 3 is 1.69 bits per heavy atom. The molecule has 0 N–H and O–H groups in total. The Hall–Kier alpha value is 0.447. The summed E-state index contributed by atoms with van der Waals surface area (Å²) in [4.78, 5) is 0. The Morgan fingerprint density at radius 2 is 1.46 bits per heavy atom. The first kappa shape index (κ1) is 13.4. The van der Waals surface area contributed by atoms with Crippen molar-refractivity contribution in [2.24, 2.45) is 0 Å². The molecule has 0 aromatic rings. The van der Waals surface area contributed by atoms with Gasteiger partial charge >= 0.3 is 12.1 Å². The highest BCUT2D eigenvalue weighted by molar-refractivity contribution is 6.69. The van der Waals surface area contributed by atoms with Crippen molar-refractivity contribution in [1.82, 2.24) is 0 Å². The molecule has 13 heavy (non-hydrogen) atoms. The van der Waals surface area contributed by atoms with Crippen molar-refractivity contribution >= 4 is 32.7 Å². The van der Waals surface area contributed by atoms with Crippen LogP contribution in [0.1, 0.15) is 6.92 Å². The second-order valence-corrected chi connectivity index (χ2v) is 7.47. The van der Waals surface area contributed by atoms with Crippen molar-refractivity contribution < 1.29 is 22.0 Å². The van der Waals surface area contributed by atoms with E-state index in [9.17, 15) is 22.0 Å². The van der Waals surface area contributed by atoms with Crippen LogP contribution in [0.5, 0.6) is 0 Å². The predicted octanol–water partition coefficient (Wildman–Crippen LogP) is 2.92. The van der Waals surface area contributed by atoms with Gasteiger partial charge in [-0.15, -0.1) is 23.2 Å². The van der Waals surface area contributed by atoms with Gasteiger partial charge < -0.3 is 0 Å². The Balaban J connectivity index is 4.45. The van der Waals surface area contributed by atoms with Crippen LogP contribution in [-0.4, -0.2) is 26.1 Å². The maximum Gasteiger partial charge on any atom is 0.453 e. The maximum atomic E-state index is 12.5. The van der Waals surface area contributed by atoms with Gasteiger partial charge in [-0.1, -0.05) is 6.92 Å². The van der Waals surface area contributed by atoms with Gasteiger partial charge in [-0.25, -0.2) is 0 Å². The van der Waals surface area contributed by atoms with Gasteiger partial charge in [-0.2, -0.15) is 22.0 Å². The molecule has 8 heteroatoms. The largest absolute Gasteiger partial charge is 0.453 e. The van der Waals surface area contributed by atoms with E-state index in [0.717, 1.165) is 6.92 Å². The van der Waals surface area contributed by atoms with Crippen molar-refractivity contribution in [2.75, 3.05) is 0 Å². The minimum absolute atomic E-state index is 0.817. The molecule has 0 nitrogen and oxygen atoms in total. The zero-order chi connectivity index (χ0) is 10.9. The lowest BCUT2D eigenvalue weighted by molar-refractivity contribution is -0.282. The molecular formula is C5H7Cl2F5Si. The lowest BCUT2D eigenvalue weighted by Crippen LogP contribution is -2.42. The fourth-order valence-corrected chi connectivity index (χ4v) is 3.36. The van der Waals surface area contributed by atoms with Gasteiger partial charge in [0.15, 0.2) is 0 Å². The zero-order valence-corrected chi connectivity index (χ0v) is 9.43. The summed E-state index contributed by atoms with van der Waals surface area (Å²) in [6.07, 6.45) is -5.51. The van der Waals surface area contributed by atoms with Gasteiger partial charge in [0.1, 0.15) is 0 Å². The minimum atomic E-state index is -5.51. The van der Waals surface area contributed by atoms with E-state index in [1.165, 1.54) is 0 Å². The summed E-state index contributed by atoms with van der Waals surface area (Å²) in [6, 6.07) is 0. The SMILES string of the molecule is CC([SiH2]C(Cl)Cl)C(F)(F)C(F)(F)F. The summed E-state index contributed by atoms with van der Waals surface area (Å²) in [5.74, 6) is -4.68. The normalized spacial score (nSPS) is 17.3. The average molecular weight is 261 g/mol. The summed E-state index contributed by atoms with van der Waals surface area (Å²) in [5, 5.41) is 0. The molecule has 0 aliphatic carbocycles. The lowest BCUT2D eigenvalue weighted by atomic mass is 10.2. The van der Waals surface area contributed by atoms with Crippen LogP contribution < -0.4 is 0 Å². The number of rotatable bonds is 3. The standard InChI is InChI=1S/C5H7Cl2F5Si/c1-2(13-3(6)7)4(8,9)5(10,11)12/h2-3H,13H2,1H3. The Bertz CT molecular complexity index is 169. The van der Waals surface area contributed by atoms with Crippen LogP contribution in [0, 0.1) is 0 Å². The van der Waals surface area contributed by atoms with Crippen LogP contribution in [0.2, 0.25) is 5.54 Å². The molecule has 80 valence electrons. The van der Waals surface area contributed by atoms with Crippen LogP contribution in [0.15, 0.2) is 0 Å². The number of hydrogen-bond acceptors (Lipinski definition) is 0. The summed E-state index contributed by atoms with van der Waals surface area (Å²) in [5.41, 5.74) is -1.78. The number of alkyl halides is 7. The smallest absolute Gasteiger partial charge is 0.196 e. The van der Waals surface area contributed by atoms with Crippen molar-refractivity contribution in [3.05, 3.63) is 0 Å². The van der Waals surface area contributed by atoms with Gasteiger partial charge in [0, 0.05) is 5.54 Å². The van der Waals surface area contributed by atoms with Gasteiger partial charge in [0.2, 0.25) is 0 Å². The summed E-state index contributed by atoms with van der Waals surface area (Å²) in [6.45, 7) is 0.817. The quantitative estimate of drug-likeness (QED) is 0.416. The molecule has 0 bridgehead atoms. The highest BCUT2D eigenvalue weighted by Crippen LogP contribution is 2.44. The Labute approximate surface area is 84.2 Å². The highest BCUT2D eigenvalue weighted by Gasteiger charge is 2.60. The third-order valence-corrected chi connectivity index (χ3v) is 4.17. The summed E-state index contributed by atoms with van der Waals surface area (Å²) >= 11 is 10.3. The molecule has 0 spiro atoms. The molecule has 0 aliphatic heterocycles. The summed E-state index contributed by atoms with van der Waals surface area (Å²) < 4.78 is 59.0. The van der Waals surface area contributed by atoms with E-state index >= 15 is 0 Å². The van der Waals surface area contributed by atoms with Crippen LogP contribution in [0.4, 0.5) is 22.0 Å². The first-order valence-electron chi connectivity index (χ1n) is 3.31. The summed E-state index contributed by atoms with van der Waals surface area (Å²) in [7, 11) is -1.85. The molecule has 0 aromatic carbocycles. The molecule has 0 aromatic heterocycles. The molecule has 0 heterocycles. The molecule has 1 atom stereocenters. The predicted molar refractivity (Wildman–Crippen MR) is 44.5 cm³/mol. The van der Waals surface area contributed by atoms with E-state index in [-0.39, 0.29) is 0 Å². The van der Waals surface area contributed by atoms with Crippen LogP contribution in [0.3, 0.4) is 0 Å². The van der Waals surface area contributed by atoms with Gasteiger partial charge in [0.05, 0.1) is 14.0 Å². The van der Waals surface area contributed by atoms with Crippen LogP contribution >= 0.6 is 23.2 Å². The van der Waals surface area contributed by atoms with Gasteiger partial charge in [-0.3, -0.25) is 0 Å². The lowest BCUT2D eigenvalue weighted by Gasteiger charge is -2.25. The van der Waals surface area contributed by atoms with E-state index < -0.39 is 31.6 Å². The second-order valence-electron chi connectivity index (χ2n) is 2.65. The monoisotopic (exact) mass is 260 g/mol. The van der Waals surface area contributed by atoms with Crippen molar-refractivity contribution in [2.45, 2.75) is 29.0 Å². The molecule has 0 saturated heterocycles. The topological polar surface area (TPSA) is 0 Å². The highest BCUT2D eigenvalue weighted by atomic mass is 35.5. The molecule has 0 fully saturated rings. The Morgan fingerprint density at radius 1 is 1.08 bits per heavy atom. The van der Waals surface area contributed by atoms with E-state index in [2.05, 4.69) is 0 Å². The van der Waals surface area contributed by atoms with Crippen LogP contribution in [-0.2, 0) is 0 Å². The molecule has 0 saturated carbocycles. The van der Waals surface area contributed by atoms with Crippen molar-refractivity contribution in [3.63, 3.8) is 0 Å². The molecule has 0 radical (unpaired) electrons. The van der Waals surface area contributed by atoms with Crippen molar-refractivity contribution in [3.8, 4) is 0 Å². The van der Waals surface area contributed by atoms with Crippen LogP contribution in [0.25, 0.3) is 0 Å². The first-order chi connectivity index (χ1) is 5.59. The molecule has 0 aliphatic rings. The molecule has 0 amide bonds. The maximum absolute atomic E-state index is 12.5. The van der Waals surface area contributed by atoms with Gasteiger partial charge in [-0.05, 0) is 0 Å². The fraction of sp³-hybridized carbons (Fsp3) is 1.00. The third-order valence-electron chi connectivity index (χ3n) is 1.53. The van der Waals surface area contributed by atoms with E-state index in [0.29, 0.717) is 0 Å². The molecule has 0 rings (SSSR count). The zero-order valence-electron chi connectivity index (χ0n) is 6.51. The van der Waals surface area contributed by atoms with E-state index in [1.54, 1.807) is 0 Å². The van der Waals surface area contributed by atoms with E-state index in [1.807, 2.05) is 0 Å². The number of hydrogen-bond donors (Lipinski definition) is 0. The average Bonchev–Trinajstić information content (AvgIpc) is 1.82. The fourth-order valence-electron chi connectivity index (χ4n) is 0.695. The third kappa shape index (κ3) is 3.59. The first-order valence-corrected chi connectivity index (χ1v) is 5.82. The second kappa shape index (κ2) is 4.31. The van der Waals surface area contributed by atoms with E-state index in [4.69, 9.17) is 23.2 Å². The molecular weight excluding hydrogens is 254 g/mol.